The molecule has 0 N–H and O–H groups in total. The Bertz CT molecular complexity index is 1670. The van der Waals surface area contributed by atoms with Gasteiger partial charge < -0.3 is 4.74 Å². The highest BCUT2D eigenvalue weighted by Crippen LogP contribution is 2.36. The summed E-state index contributed by atoms with van der Waals surface area (Å²) in [5.74, 6) is 0.0401. The minimum Gasteiger partial charge on any atom is -0.487 e. The Labute approximate surface area is 235 Å². The number of para-hydroxylation sites is 1. The van der Waals surface area contributed by atoms with Gasteiger partial charge in [0.1, 0.15) is 12.4 Å². The average Bonchev–Trinajstić information content (AvgIpc) is 3.38. The summed E-state index contributed by atoms with van der Waals surface area (Å²) in [7, 11) is 2.79. The van der Waals surface area contributed by atoms with Crippen LogP contribution in [0.4, 0.5) is 13.2 Å². The topological polar surface area (TPSA) is 69.5 Å². The van der Waals surface area contributed by atoms with Crippen molar-refractivity contribution in [2.45, 2.75) is 12.8 Å². The van der Waals surface area contributed by atoms with Gasteiger partial charge in [0.15, 0.2) is 0 Å². The standard InChI is InChI=1S/C29H22BrF3N4O3/c1-36(39-2)28(38)23-16-35-37(25-14-15-34-27-22(25)4-3-5-24(27)29(31,32)33)26(23)17-40-21-12-8-19(9-13-21)18-6-10-20(30)11-7-18/h3-16H,17H2,1-2H3. The second kappa shape index (κ2) is 11.1. The summed E-state index contributed by atoms with van der Waals surface area (Å²) in [5.41, 5.74) is 1.76. The molecule has 0 atom stereocenters. The Kier molecular flexibility index (Phi) is 7.59. The molecule has 0 aliphatic carbocycles. The van der Waals surface area contributed by atoms with Gasteiger partial charge in [0.25, 0.3) is 5.91 Å². The predicted molar refractivity (Wildman–Crippen MR) is 147 cm³/mol. The first kappa shape index (κ1) is 27.4. The molecule has 0 saturated heterocycles. The van der Waals surface area contributed by atoms with Crippen molar-refractivity contribution < 1.29 is 27.5 Å². The van der Waals surface area contributed by atoms with E-state index in [1.165, 1.54) is 43.4 Å². The highest BCUT2D eigenvalue weighted by atomic mass is 79.9. The summed E-state index contributed by atoms with van der Waals surface area (Å²) >= 11 is 3.43. The van der Waals surface area contributed by atoms with E-state index in [9.17, 15) is 18.0 Å². The van der Waals surface area contributed by atoms with E-state index in [0.29, 0.717) is 17.1 Å². The number of fused-ring (bicyclic) bond motifs is 1. The number of carbonyl (C=O) groups is 1. The van der Waals surface area contributed by atoms with Crippen molar-refractivity contribution in [1.82, 2.24) is 19.8 Å². The molecule has 5 aromatic rings. The summed E-state index contributed by atoms with van der Waals surface area (Å²) in [5, 5.41) is 5.61. The normalized spacial score (nSPS) is 11.6. The van der Waals surface area contributed by atoms with E-state index < -0.39 is 17.6 Å². The fourth-order valence-corrected chi connectivity index (χ4v) is 4.53. The highest BCUT2D eigenvalue weighted by molar-refractivity contribution is 9.10. The molecule has 0 radical (unpaired) electrons. The van der Waals surface area contributed by atoms with Crippen molar-refractivity contribution in [3.63, 3.8) is 0 Å². The monoisotopic (exact) mass is 610 g/mol. The van der Waals surface area contributed by atoms with Gasteiger partial charge in [0.05, 0.1) is 41.3 Å². The van der Waals surface area contributed by atoms with Crippen LogP contribution in [-0.4, -0.2) is 39.9 Å². The minimum atomic E-state index is -4.59. The number of nitrogens with zero attached hydrogens (tertiary/aromatic N) is 4. The molecule has 5 rings (SSSR count). The Hall–Kier alpha value is -4.22. The van der Waals surface area contributed by atoms with Gasteiger partial charge in [-0.2, -0.15) is 18.3 Å². The lowest BCUT2D eigenvalue weighted by molar-refractivity contribution is -0.136. The van der Waals surface area contributed by atoms with Crippen LogP contribution in [0.1, 0.15) is 21.6 Å². The summed E-state index contributed by atoms with van der Waals surface area (Å²) in [6, 6.07) is 20.7. The van der Waals surface area contributed by atoms with Crippen LogP contribution in [0.5, 0.6) is 5.75 Å². The van der Waals surface area contributed by atoms with E-state index in [2.05, 4.69) is 26.0 Å². The zero-order valence-corrected chi connectivity index (χ0v) is 22.9. The van der Waals surface area contributed by atoms with Gasteiger partial charge >= 0.3 is 6.18 Å². The molecule has 0 spiro atoms. The zero-order valence-electron chi connectivity index (χ0n) is 21.3. The van der Waals surface area contributed by atoms with Gasteiger partial charge in [0.2, 0.25) is 0 Å². The third-order valence-electron chi connectivity index (χ3n) is 6.35. The Morgan fingerprint density at radius 2 is 1.68 bits per heavy atom. The van der Waals surface area contributed by atoms with Crippen molar-refractivity contribution in [2.24, 2.45) is 0 Å². The van der Waals surface area contributed by atoms with Crippen LogP contribution in [-0.2, 0) is 17.6 Å². The zero-order chi connectivity index (χ0) is 28.4. The van der Waals surface area contributed by atoms with Gasteiger partial charge in [-0.1, -0.05) is 52.3 Å². The molecule has 0 fully saturated rings. The lowest BCUT2D eigenvalue weighted by Gasteiger charge is -2.17. The van der Waals surface area contributed by atoms with Crippen molar-refractivity contribution in [3.05, 3.63) is 106 Å². The molecule has 0 unspecified atom stereocenters. The van der Waals surface area contributed by atoms with Gasteiger partial charge in [-0.05, 0) is 47.5 Å². The molecular formula is C29H22BrF3N4O3. The van der Waals surface area contributed by atoms with Crippen LogP contribution in [0.3, 0.4) is 0 Å². The molecule has 2 heterocycles. The fraction of sp³-hybridized carbons (Fsp3) is 0.138. The van der Waals surface area contributed by atoms with Crippen LogP contribution < -0.4 is 4.74 Å². The summed E-state index contributed by atoms with van der Waals surface area (Å²) in [4.78, 5) is 22.1. The lowest BCUT2D eigenvalue weighted by atomic mass is 10.1. The number of hydroxylamine groups is 2. The Morgan fingerprint density at radius 3 is 2.33 bits per heavy atom. The number of aromatic nitrogens is 3. The number of pyridine rings is 1. The first-order chi connectivity index (χ1) is 19.2. The van der Waals surface area contributed by atoms with Crippen molar-refractivity contribution in [2.75, 3.05) is 14.2 Å². The number of hydrogen-bond acceptors (Lipinski definition) is 5. The molecule has 1 amide bonds. The van der Waals surface area contributed by atoms with Crippen LogP contribution in [0.2, 0.25) is 0 Å². The molecule has 204 valence electrons. The number of hydrogen-bond donors (Lipinski definition) is 0. The van der Waals surface area contributed by atoms with Crippen LogP contribution in [0.25, 0.3) is 27.7 Å². The largest absolute Gasteiger partial charge is 0.487 e. The van der Waals surface area contributed by atoms with Gasteiger partial charge in [0, 0.05) is 23.1 Å². The predicted octanol–water partition coefficient (Wildman–Crippen LogP) is 7.08. The molecular weight excluding hydrogens is 589 g/mol. The molecule has 0 bridgehead atoms. The summed E-state index contributed by atoms with van der Waals surface area (Å²) < 4.78 is 49.5. The maximum absolute atomic E-state index is 13.7. The third kappa shape index (κ3) is 5.43. The number of ether oxygens (including phenoxy) is 1. The maximum Gasteiger partial charge on any atom is 0.418 e. The second-order valence-corrected chi connectivity index (χ2v) is 9.67. The minimum absolute atomic E-state index is 0.0982. The maximum atomic E-state index is 13.7. The highest BCUT2D eigenvalue weighted by Gasteiger charge is 2.33. The molecule has 2 aromatic heterocycles. The molecule has 3 aromatic carbocycles. The number of alkyl halides is 3. The molecule has 11 heteroatoms. The van der Waals surface area contributed by atoms with Gasteiger partial charge in [-0.3, -0.25) is 14.6 Å². The van der Waals surface area contributed by atoms with Gasteiger partial charge in [-0.25, -0.2) is 9.75 Å². The first-order valence-corrected chi connectivity index (χ1v) is 12.8. The lowest BCUT2D eigenvalue weighted by Crippen LogP contribution is -2.26. The Balaban J connectivity index is 1.53. The summed E-state index contributed by atoms with van der Waals surface area (Å²) in [6.45, 7) is -0.0982. The van der Waals surface area contributed by atoms with E-state index in [4.69, 9.17) is 9.57 Å². The average molecular weight is 611 g/mol. The van der Waals surface area contributed by atoms with Gasteiger partial charge in [-0.15, -0.1) is 0 Å². The van der Waals surface area contributed by atoms with E-state index in [1.807, 2.05) is 36.4 Å². The van der Waals surface area contributed by atoms with E-state index in [0.717, 1.165) is 26.7 Å². The molecule has 7 nitrogen and oxygen atoms in total. The van der Waals surface area contributed by atoms with Crippen LogP contribution in [0.15, 0.2) is 89.7 Å². The quantitative estimate of drug-likeness (QED) is 0.184. The van der Waals surface area contributed by atoms with E-state index in [1.54, 1.807) is 18.2 Å². The first-order valence-electron chi connectivity index (χ1n) is 12.0. The number of halogens is 4. The van der Waals surface area contributed by atoms with Crippen molar-refractivity contribution >= 4 is 32.7 Å². The summed E-state index contributed by atoms with van der Waals surface area (Å²) in [6.07, 6.45) is -1.97. The second-order valence-electron chi connectivity index (χ2n) is 8.75. The van der Waals surface area contributed by atoms with Crippen LogP contribution >= 0.6 is 15.9 Å². The fourth-order valence-electron chi connectivity index (χ4n) is 4.26. The number of carbonyl (C=O) groups excluding carboxylic acids is 1. The molecule has 0 aliphatic rings. The molecule has 40 heavy (non-hydrogen) atoms. The Morgan fingerprint density at radius 1 is 1.00 bits per heavy atom. The number of rotatable bonds is 7. The molecule has 0 aliphatic heterocycles. The van der Waals surface area contributed by atoms with Crippen molar-refractivity contribution in [1.29, 1.82) is 0 Å². The number of benzene rings is 3. The van der Waals surface area contributed by atoms with Crippen LogP contribution in [0, 0.1) is 0 Å². The third-order valence-corrected chi connectivity index (χ3v) is 6.88. The molecule has 0 saturated carbocycles. The van der Waals surface area contributed by atoms with E-state index >= 15 is 0 Å². The van der Waals surface area contributed by atoms with Crippen molar-refractivity contribution in [3.8, 4) is 22.6 Å². The number of amides is 1. The smallest absolute Gasteiger partial charge is 0.418 e. The SMILES string of the molecule is CON(C)C(=O)c1cnn(-c2ccnc3c(C(F)(F)F)cccc23)c1COc1ccc(-c2ccc(Br)cc2)cc1. The van der Waals surface area contributed by atoms with E-state index in [-0.39, 0.29) is 23.1 Å².